The van der Waals surface area contributed by atoms with Crippen molar-refractivity contribution < 1.29 is 4.79 Å². The average molecular weight is 192 g/mol. The van der Waals surface area contributed by atoms with Crippen molar-refractivity contribution in [3.8, 4) is 0 Å². The molecule has 0 aliphatic carbocycles. The van der Waals surface area contributed by atoms with E-state index < -0.39 is 0 Å². The number of thiocarbonyl (C=S) groups is 1. The third-order valence-electron chi connectivity index (χ3n) is 1.51. The second-order valence-electron chi connectivity index (χ2n) is 2.58. The predicted molar refractivity (Wildman–Crippen MR) is 53.7 cm³/mol. The van der Waals surface area contributed by atoms with Crippen LogP contribution in [0.3, 0.4) is 0 Å². The minimum Gasteiger partial charge on any atom is -0.293 e. The normalized spacial score (nSPS) is 9.08. The lowest BCUT2D eigenvalue weighted by atomic mass is 10.2. The molecule has 66 valence electrons. The van der Waals surface area contributed by atoms with Crippen LogP contribution < -0.4 is 0 Å². The Morgan fingerprint density at radius 3 is 2.85 bits per heavy atom. The Bertz CT molecular complexity index is 395. The number of carbonyl (C=O) groups is 1. The van der Waals surface area contributed by atoms with Crippen LogP contribution in [0.5, 0.6) is 0 Å². The number of aliphatic imine (C=N–C) groups is 1. The van der Waals surface area contributed by atoms with Crippen LogP contribution in [-0.4, -0.2) is 15.9 Å². The summed E-state index contributed by atoms with van der Waals surface area (Å²) in [5.41, 5.74) is 1.61. The molecule has 3 nitrogen and oxygen atoms in total. The molecule has 0 aromatic carbocycles. The molecule has 1 aromatic rings. The summed E-state index contributed by atoms with van der Waals surface area (Å²) in [6.45, 7) is 3.27. The highest BCUT2D eigenvalue weighted by Gasteiger charge is 2.07. The van der Waals surface area contributed by atoms with Gasteiger partial charge in [-0.15, -0.1) is 0 Å². The van der Waals surface area contributed by atoms with Gasteiger partial charge in [0.1, 0.15) is 11.4 Å². The molecule has 0 N–H and O–H groups in total. The molecule has 13 heavy (non-hydrogen) atoms. The number of rotatable bonds is 2. The molecule has 4 heteroatoms. The molecular weight excluding hydrogens is 184 g/mol. The second-order valence-corrected chi connectivity index (χ2v) is 2.76. The Morgan fingerprint density at radius 2 is 2.31 bits per heavy atom. The van der Waals surface area contributed by atoms with Gasteiger partial charge in [-0.1, -0.05) is 0 Å². The minimum atomic E-state index is -0.118. The highest BCUT2D eigenvalue weighted by Crippen LogP contribution is 2.17. The van der Waals surface area contributed by atoms with Gasteiger partial charge in [-0.05, 0) is 31.3 Å². The smallest absolute Gasteiger partial charge is 0.180 e. The number of isothiocyanates is 1. The van der Waals surface area contributed by atoms with E-state index in [1.807, 2.05) is 6.92 Å². The van der Waals surface area contributed by atoms with E-state index in [-0.39, 0.29) is 5.78 Å². The summed E-state index contributed by atoms with van der Waals surface area (Å²) < 4.78 is 0. The molecule has 1 rings (SSSR count). The molecule has 1 aromatic heterocycles. The first kappa shape index (κ1) is 9.71. The van der Waals surface area contributed by atoms with E-state index in [1.165, 1.54) is 6.92 Å². The molecule has 0 bridgehead atoms. The zero-order valence-electron chi connectivity index (χ0n) is 7.37. The number of hydrogen-bond acceptors (Lipinski definition) is 4. The molecule has 1 heterocycles. The second kappa shape index (κ2) is 4.03. The highest BCUT2D eigenvalue weighted by molar-refractivity contribution is 7.78. The van der Waals surface area contributed by atoms with Crippen molar-refractivity contribution >= 4 is 28.8 Å². The largest absolute Gasteiger partial charge is 0.293 e. The maximum absolute atomic E-state index is 11.1. The fraction of sp³-hybridized carbons (Fsp3) is 0.222. The van der Waals surface area contributed by atoms with Crippen molar-refractivity contribution in [2.75, 3.05) is 0 Å². The fourth-order valence-corrected chi connectivity index (χ4v) is 1.05. The quantitative estimate of drug-likeness (QED) is 0.410. The molecule has 0 fully saturated rings. The van der Waals surface area contributed by atoms with Gasteiger partial charge in [0.25, 0.3) is 0 Å². The molecule has 0 aliphatic heterocycles. The summed E-state index contributed by atoms with van der Waals surface area (Å²) in [6, 6.07) is 3.48. The molecule has 0 unspecified atom stereocenters. The zero-order valence-corrected chi connectivity index (χ0v) is 8.18. The van der Waals surface area contributed by atoms with Crippen molar-refractivity contribution in [1.82, 2.24) is 4.98 Å². The Kier molecular flexibility index (Phi) is 3.01. The fourth-order valence-electron chi connectivity index (χ4n) is 0.948. The minimum absolute atomic E-state index is 0.118. The van der Waals surface area contributed by atoms with Crippen molar-refractivity contribution in [2.24, 2.45) is 4.99 Å². The van der Waals surface area contributed by atoms with E-state index in [1.54, 1.807) is 12.1 Å². The number of carbonyl (C=O) groups excluding carboxylic acids is 1. The summed E-state index contributed by atoms with van der Waals surface area (Å²) in [5.74, 6) is -0.118. The topological polar surface area (TPSA) is 42.3 Å². The first-order valence-electron chi connectivity index (χ1n) is 3.71. The van der Waals surface area contributed by atoms with Crippen molar-refractivity contribution in [3.05, 3.63) is 23.5 Å². The van der Waals surface area contributed by atoms with E-state index in [9.17, 15) is 4.79 Å². The van der Waals surface area contributed by atoms with E-state index in [4.69, 9.17) is 0 Å². The van der Waals surface area contributed by atoms with Gasteiger partial charge in [-0.25, -0.2) is 4.98 Å². The van der Waals surface area contributed by atoms with Gasteiger partial charge in [0.2, 0.25) is 0 Å². The lowest BCUT2D eigenvalue weighted by Crippen LogP contribution is -1.98. The van der Waals surface area contributed by atoms with Gasteiger partial charge < -0.3 is 0 Å². The molecule has 0 radical (unpaired) electrons. The molecule has 0 atom stereocenters. The average Bonchev–Trinajstić information content (AvgIpc) is 2.08. The summed E-state index contributed by atoms with van der Waals surface area (Å²) in [5, 5.41) is 2.21. The predicted octanol–water partition coefficient (Wildman–Crippen LogP) is 2.33. The maximum atomic E-state index is 11.1. The van der Waals surface area contributed by atoms with Crippen LogP contribution in [0.25, 0.3) is 0 Å². The Labute approximate surface area is 81.5 Å². The van der Waals surface area contributed by atoms with E-state index in [0.29, 0.717) is 11.4 Å². The standard InChI is InChI=1S/C9H8N2OS/c1-6-3-4-8(10-5-13)9(11-6)7(2)12/h3-4H,1-2H3. The molecule has 0 amide bonds. The maximum Gasteiger partial charge on any atom is 0.180 e. The van der Waals surface area contributed by atoms with Crippen LogP contribution in [0.1, 0.15) is 23.1 Å². The van der Waals surface area contributed by atoms with Gasteiger partial charge in [0.05, 0.1) is 5.16 Å². The van der Waals surface area contributed by atoms with Gasteiger partial charge in [0.15, 0.2) is 5.78 Å². The van der Waals surface area contributed by atoms with Crippen LogP contribution in [0, 0.1) is 6.92 Å². The number of Topliss-reactive ketones (excluding diaryl/α,β-unsaturated/α-hetero) is 1. The van der Waals surface area contributed by atoms with Gasteiger partial charge in [0, 0.05) is 12.6 Å². The number of ketones is 1. The summed E-state index contributed by atoms with van der Waals surface area (Å²) in [6.07, 6.45) is 0. The molecule has 0 spiro atoms. The van der Waals surface area contributed by atoms with E-state index in [2.05, 4.69) is 27.4 Å². The van der Waals surface area contributed by atoms with Crippen LogP contribution in [0.2, 0.25) is 0 Å². The van der Waals surface area contributed by atoms with Gasteiger partial charge >= 0.3 is 0 Å². The molecule has 0 aliphatic rings. The molecule has 0 saturated heterocycles. The monoisotopic (exact) mass is 192 g/mol. The lowest BCUT2D eigenvalue weighted by Gasteiger charge is -1.99. The van der Waals surface area contributed by atoms with Crippen LogP contribution >= 0.6 is 12.2 Å². The van der Waals surface area contributed by atoms with Crippen LogP contribution in [-0.2, 0) is 0 Å². The van der Waals surface area contributed by atoms with Crippen molar-refractivity contribution in [2.45, 2.75) is 13.8 Å². The summed E-state index contributed by atoms with van der Waals surface area (Å²) >= 11 is 4.46. The first-order chi connectivity index (χ1) is 6.15. The first-order valence-corrected chi connectivity index (χ1v) is 4.12. The number of aromatic nitrogens is 1. The number of pyridine rings is 1. The number of nitrogens with zero attached hydrogens (tertiary/aromatic N) is 2. The summed E-state index contributed by atoms with van der Waals surface area (Å²) in [4.78, 5) is 18.9. The molecule has 0 saturated carbocycles. The van der Waals surface area contributed by atoms with E-state index in [0.717, 1.165) is 5.69 Å². The Hall–Kier alpha value is -1.38. The van der Waals surface area contributed by atoms with E-state index >= 15 is 0 Å². The highest BCUT2D eigenvalue weighted by atomic mass is 32.1. The number of hydrogen-bond donors (Lipinski definition) is 0. The summed E-state index contributed by atoms with van der Waals surface area (Å²) in [7, 11) is 0. The lowest BCUT2D eigenvalue weighted by molar-refractivity contribution is 0.101. The van der Waals surface area contributed by atoms with Gasteiger partial charge in [-0.3, -0.25) is 4.79 Å². The number of aryl methyl sites for hydroxylation is 1. The molecular formula is C9H8N2OS. The SMILES string of the molecule is CC(=O)c1nc(C)ccc1N=C=S. The van der Waals surface area contributed by atoms with Crippen molar-refractivity contribution in [3.63, 3.8) is 0 Å². The van der Waals surface area contributed by atoms with Gasteiger partial charge in [-0.2, -0.15) is 4.99 Å². The van der Waals surface area contributed by atoms with Crippen molar-refractivity contribution in [1.29, 1.82) is 0 Å². The Balaban J connectivity index is 3.34. The zero-order chi connectivity index (χ0) is 9.84. The third-order valence-corrected chi connectivity index (χ3v) is 1.60. The van der Waals surface area contributed by atoms with Crippen LogP contribution in [0.4, 0.5) is 5.69 Å². The third kappa shape index (κ3) is 2.28. The van der Waals surface area contributed by atoms with Crippen LogP contribution in [0.15, 0.2) is 17.1 Å². The Morgan fingerprint density at radius 1 is 1.62 bits per heavy atom.